The first-order valence-electron chi connectivity index (χ1n) is 14.9. The second kappa shape index (κ2) is 18.6. The third kappa shape index (κ3) is 10.6. The highest BCUT2D eigenvalue weighted by Crippen LogP contribution is 2.44. The van der Waals surface area contributed by atoms with E-state index < -0.39 is 6.09 Å². The Bertz CT molecular complexity index is 1240. The van der Waals surface area contributed by atoms with Crippen LogP contribution >= 0.6 is 0 Å². The molecule has 0 radical (unpaired) electrons. The maximum Gasteiger partial charge on any atom is 0.409 e. The van der Waals surface area contributed by atoms with Gasteiger partial charge in [-0.3, -0.25) is 0 Å². The summed E-state index contributed by atoms with van der Waals surface area (Å²) < 4.78 is 32.8. The monoisotopic (exact) mass is 606 g/mol. The highest BCUT2D eigenvalue weighted by Gasteiger charge is 2.29. The summed E-state index contributed by atoms with van der Waals surface area (Å²) >= 11 is 0. The number of carbonyl (C=O) groups excluding carboxylic acids is 2. The molecule has 0 saturated heterocycles. The molecule has 236 valence electrons. The molecule has 1 aliphatic rings. The van der Waals surface area contributed by atoms with Crippen LogP contribution in [0.1, 0.15) is 22.6 Å². The summed E-state index contributed by atoms with van der Waals surface area (Å²) in [7, 11) is 1.71. The lowest BCUT2D eigenvalue weighted by atomic mass is 9.98. The van der Waals surface area contributed by atoms with Gasteiger partial charge in [-0.1, -0.05) is 78.9 Å². The molecule has 0 unspecified atom stereocenters. The molecule has 2 amide bonds. The van der Waals surface area contributed by atoms with E-state index in [0.717, 1.165) is 5.56 Å². The van der Waals surface area contributed by atoms with Gasteiger partial charge in [-0.25, -0.2) is 9.59 Å². The molecule has 0 atom stereocenters. The fraction of sp³-hybridized carbons (Fsp3) is 0.412. The molecule has 3 aromatic rings. The number of amides is 2. The van der Waals surface area contributed by atoms with E-state index in [1.54, 1.807) is 7.05 Å². The Morgan fingerprint density at radius 1 is 0.659 bits per heavy atom. The van der Waals surface area contributed by atoms with E-state index in [1.807, 2.05) is 54.6 Å². The standard InChI is InChI=1S/C34H42N2O8/c1-36(34(38)44-26-32-30-13-7-5-11-28(30)29-12-6-8-14-31(29)32)16-18-40-20-22-42-24-23-41-21-19-39-17-15-35-33(37)43-25-27-9-3-2-4-10-27/h2-14,32H,15-26H2,1H3,(H,35,37). The highest BCUT2D eigenvalue weighted by atomic mass is 16.6. The zero-order chi connectivity index (χ0) is 30.8. The second-order valence-corrected chi connectivity index (χ2v) is 10.2. The summed E-state index contributed by atoms with van der Waals surface area (Å²) in [6.45, 7) is 4.65. The van der Waals surface area contributed by atoms with Crippen LogP contribution in [0, 0.1) is 0 Å². The van der Waals surface area contributed by atoms with Crippen LogP contribution < -0.4 is 5.32 Å². The Labute approximate surface area is 259 Å². The van der Waals surface area contributed by atoms with Crippen LogP contribution in [0.2, 0.25) is 0 Å². The van der Waals surface area contributed by atoms with Crippen molar-refractivity contribution in [1.29, 1.82) is 0 Å². The smallest absolute Gasteiger partial charge is 0.409 e. The van der Waals surface area contributed by atoms with E-state index in [4.69, 9.17) is 28.4 Å². The van der Waals surface area contributed by atoms with Crippen molar-refractivity contribution in [2.75, 3.05) is 79.6 Å². The van der Waals surface area contributed by atoms with Crippen molar-refractivity contribution in [2.45, 2.75) is 12.5 Å². The third-order valence-corrected chi connectivity index (χ3v) is 7.06. The Hall–Kier alpha value is -3.96. The molecule has 10 nitrogen and oxygen atoms in total. The molecule has 10 heteroatoms. The van der Waals surface area contributed by atoms with Gasteiger partial charge in [0.1, 0.15) is 13.2 Å². The van der Waals surface area contributed by atoms with E-state index in [0.29, 0.717) is 72.6 Å². The number of fused-ring (bicyclic) bond motifs is 3. The number of likely N-dealkylation sites (N-methyl/N-ethyl adjacent to an activating group) is 1. The van der Waals surface area contributed by atoms with Crippen molar-refractivity contribution in [1.82, 2.24) is 10.2 Å². The maximum absolute atomic E-state index is 12.6. The number of carbonyl (C=O) groups is 2. The van der Waals surface area contributed by atoms with Crippen LogP contribution in [0.4, 0.5) is 9.59 Å². The molecule has 4 rings (SSSR count). The number of ether oxygens (including phenoxy) is 6. The minimum Gasteiger partial charge on any atom is -0.448 e. The molecule has 0 aromatic heterocycles. The van der Waals surface area contributed by atoms with Crippen molar-refractivity contribution in [3.63, 3.8) is 0 Å². The van der Waals surface area contributed by atoms with Crippen molar-refractivity contribution in [2.24, 2.45) is 0 Å². The summed E-state index contributed by atoms with van der Waals surface area (Å²) in [5, 5.41) is 2.64. The van der Waals surface area contributed by atoms with E-state index in [-0.39, 0.29) is 18.6 Å². The summed E-state index contributed by atoms with van der Waals surface area (Å²) in [5.74, 6) is 0.0370. The molecule has 0 aliphatic heterocycles. The number of hydrogen-bond donors (Lipinski definition) is 1. The number of nitrogens with one attached hydrogen (secondary N) is 1. The quantitative estimate of drug-likeness (QED) is 0.193. The highest BCUT2D eigenvalue weighted by molar-refractivity contribution is 5.79. The summed E-state index contributed by atoms with van der Waals surface area (Å²) in [4.78, 5) is 25.8. The number of benzene rings is 3. The second-order valence-electron chi connectivity index (χ2n) is 10.2. The Morgan fingerprint density at radius 2 is 1.18 bits per heavy atom. The predicted molar refractivity (Wildman–Crippen MR) is 166 cm³/mol. The predicted octanol–water partition coefficient (Wildman–Crippen LogP) is 4.86. The lowest BCUT2D eigenvalue weighted by Crippen LogP contribution is -2.32. The lowest BCUT2D eigenvalue weighted by Gasteiger charge is -2.19. The molecular weight excluding hydrogens is 564 g/mol. The molecule has 3 aromatic carbocycles. The first kappa shape index (κ1) is 32.9. The number of nitrogens with zero attached hydrogens (tertiary/aromatic N) is 1. The number of hydrogen-bond acceptors (Lipinski definition) is 8. The van der Waals surface area contributed by atoms with Gasteiger partial charge in [0.2, 0.25) is 0 Å². The average molecular weight is 607 g/mol. The van der Waals surface area contributed by atoms with Crippen LogP contribution in [0.15, 0.2) is 78.9 Å². The van der Waals surface area contributed by atoms with Gasteiger partial charge in [0.15, 0.2) is 0 Å². The molecule has 44 heavy (non-hydrogen) atoms. The van der Waals surface area contributed by atoms with Gasteiger partial charge in [-0.2, -0.15) is 0 Å². The molecule has 1 N–H and O–H groups in total. The van der Waals surface area contributed by atoms with Gasteiger partial charge in [0.25, 0.3) is 0 Å². The Morgan fingerprint density at radius 3 is 1.80 bits per heavy atom. The summed E-state index contributed by atoms with van der Waals surface area (Å²) in [6, 6.07) is 26.0. The van der Waals surface area contributed by atoms with Crippen LogP contribution in [0.25, 0.3) is 11.1 Å². The zero-order valence-corrected chi connectivity index (χ0v) is 25.3. The molecule has 1 aliphatic carbocycles. The molecule has 0 heterocycles. The average Bonchev–Trinajstić information content (AvgIpc) is 3.38. The van der Waals surface area contributed by atoms with Crippen molar-refractivity contribution >= 4 is 12.2 Å². The maximum atomic E-state index is 12.6. The topological polar surface area (TPSA) is 105 Å². The van der Waals surface area contributed by atoms with Gasteiger partial charge < -0.3 is 38.6 Å². The van der Waals surface area contributed by atoms with E-state index in [1.165, 1.54) is 27.2 Å². The fourth-order valence-corrected chi connectivity index (χ4v) is 4.76. The normalized spacial score (nSPS) is 11.9. The third-order valence-electron chi connectivity index (χ3n) is 7.06. The first-order chi connectivity index (χ1) is 21.6. The minimum atomic E-state index is -0.475. The van der Waals surface area contributed by atoms with Crippen molar-refractivity contribution in [3.05, 3.63) is 95.6 Å². The largest absolute Gasteiger partial charge is 0.448 e. The van der Waals surface area contributed by atoms with Gasteiger partial charge in [0, 0.05) is 26.1 Å². The van der Waals surface area contributed by atoms with Crippen LogP contribution in [-0.2, 0) is 35.0 Å². The Kier molecular flexibility index (Phi) is 14.0. The first-order valence-corrected chi connectivity index (χ1v) is 14.9. The Balaban J connectivity index is 0.927. The summed E-state index contributed by atoms with van der Waals surface area (Å²) in [5.41, 5.74) is 5.72. The lowest BCUT2D eigenvalue weighted by molar-refractivity contribution is -0.00315. The van der Waals surface area contributed by atoms with E-state index in [2.05, 4.69) is 29.6 Å². The van der Waals surface area contributed by atoms with Gasteiger partial charge in [0.05, 0.1) is 52.9 Å². The molecule has 0 bridgehead atoms. The van der Waals surface area contributed by atoms with E-state index >= 15 is 0 Å². The molecule has 0 saturated carbocycles. The van der Waals surface area contributed by atoms with Crippen molar-refractivity contribution in [3.8, 4) is 11.1 Å². The van der Waals surface area contributed by atoms with Gasteiger partial charge >= 0.3 is 12.2 Å². The summed E-state index contributed by atoms with van der Waals surface area (Å²) in [6.07, 6.45) is -0.845. The fourth-order valence-electron chi connectivity index (χ4n) is 4.76. The van der Waals surface area contributed by atoms with Crippen LogP contribution in [-0.4, -0.2) is 96.7 Å². The zero-order valence-electron chi connectivity index (χ0n) is 25.3. The minimum absolute atomic E-state index is 0.0370. The van der Waals surface area contributed by atoms with Gasteiger partial charge in [-0.05, 0) is 27.8 Å². The van der Waals surface area contributed by atoms with Crippen LogP contribution in [0.5, 0.6) is 0 Å². The van der Waals surface area contributed by atoms with Crippen LogP contribution in [0.3, 0.4) is 0 Å². The molecule has 0 spiro atoms. The molecular formula is C34H42N2O8. The number of alkyl carbamates (subject to hydrolysis) is 1. The molecule has 0 fully saturated rings. The van der Waals surface area contributed by atoms with E-state index in [9.17, 15) is 9.59 Å². The SMILES string of the molecule is CN(CCOCCOCCOCCOCCNC(=O)OCc1ccccc1)C(=O)OCC1c2ccccc2-c2ccccc21. The van der Waals surface area contributed by atoms with Crippen molar-refractivity contribution < 1.29 is 38.0 Å². The van der Waals surface area contributed by atoms with Gasteiger partial charge in [-0.15, -0.1) is 0 Å². The number of rotatable bonds is 19.